The van der Waals surface area contributed by atoms with Gasteiger partial charge >= 0.3 is 0 Å². The number of aliphatic hydroxyl groups is 1. The first-order valence-electron chi connectivity index (χ1n) is 7.49. The second kappa shape index (κ2) is 5.83. The first-order chi connectivity index (χ1) is 9.74. The summed E-state index contributed by atoms with van der Waals surface area (Å²) in [6.45, 7) is 0.0670. The summed E-state index contributed by atoms with van der Waals surface area (Å²) in [6, 6.07) is 5.60. The molecule has 1 saturated carbocycles. The predicted molar refractivity (Wildman–Crippen MR) is 76.7 cm³/mol. The van der Waals surface area contributed by atoms with E-state index in [1.165, 1.54) is 25.7 Å². The zero-order chi connectivity index (χ0) is 13.9. The summed E-state index contributed by atoms with van der Waals surface area (Å²) in [4.78, 5) is 11.4. The van der Waals surface area contributed by atoms with Gasteiger partial charge in [0, 0.05) is 0 Å². The van der Waals surface area contributed by atoms with Crippen LogP contribution in [0.3, 0.4) is 0 Å². The Morgan fingerprint density at radius 1 is 1.20 bits per heavy atom. The Morgan fingerprint density at radius 3 is 2.70 bits per heavy atom. The summed E-state index contributed by atoms with van der Waals surface area (Å²) >= 11 is 0. The van der Waals surface area contributed by atoms with Crippen LogP contribution in [0.1, 0.15) is 50.2 Å². The highest BCUT2D eigenvalue weighted by molar-refractivity contribution is 5.95. The summed E-state index contributed by atoms with van der Waals surface area (Å²) in [5, 5.41) is 13.4. The van der Waals surface area contributed by atoms with Gasteiger partial charge in [-0.05, 0) is 36.5 Å². The van der Waals surface area contributed by atoms with Crippen LogP contribution in [0.5, 0.6) is 5.75 Å². The topological polar surface area (TPSA) is 58.6 Å². The number of benzene rings is 1. The molecule has 1 aliphatic carbocycles. The molecule has 0 spiro atoms. The van der Waals surface area contributed by atoms with E-state index in [2.05, 4.69) is 5.32 Å². The average Bonchev–Trinajstić information content (AvgIpc) is 2.74. The number of hydrogen-bond acceptors (Lipinski definition) is 3. The highest BCUT2D eigenvalue weighted by atomic mass is 16.5. The third-order valence-corrected chi connectivity index (χ3v) is 4.32. The fourth-order valence-electron chi connectivity index (χ4n) is 3.18. The zero-order valence-corrected chi connectivity index (χ0v) is 11.6. The van der Waals surface area contributed by atoms with Gasteiger partial charge in [0.15, 0.2) is 6.61 Å². The minimum Gasteiger partial charge on any atom is -0.482 e. The number of amides is 1. The van der Waals surface area contributed by atoms with Gasteiger partial charge in [-0.25, -0.2) is 0 Å². The second-order valence-corrected chi connectivity index (χ2v) is 5.79. The van der Waals surface area contributed by atoms with E-state index in [-0.39, 0.29) is 12.5 Å². The van der Waals surface area contributed by atoms with Crippen LogP contribution in [0.4, 0.5) is 5.69 Å². The quantitative estimate of drug-likeness (QED) is 0.816. The molecule has 1 heterocycles. The SMILES string of the molecule is O=C1COc2ccc(C(O)C3CCCCCC3)cc2N1. The summed E-state index contributed by atoms with van der Waals surface area (Å²) in [5.74, 6) is 0.871. The van der Waals surface area contributed by atoms with Crippen molar-refractivity contribution >= 4 is 11.6 Å². The number of rotatable bonds is 2. The molecule has 1 amide bonds. The van der Waals surface area contributed by atoms with Crippen LogP contribution in [-0.2, 0) is 4.79 Å². The maximum atomic E-state index is 11.4. The number of fused-ring (bicyclic) bond motifs is 1. The molecule has 0 radical (unpaired) electrons. The number of carbonyl (C=O) groups is 1. The lowest BCUT2D eigenvalue weighted by molar-refractivity contribution is -0.118. The molecule has 3 rings (SSSR count). The van der Waals surface area contributed by atoms with Crippen LogP contribution >= 0.6 is 0 Å². The van der Waals surface area contributed by atoms with E-state index in [4.69, 9.17) is 4.74 Å². The van der Waals surface area contributed by atoms with Gasteiger partial charge in [-0.15, -0.1) is 0 Å². The van der Waals surface area contributed by atoms with Crippen LogP contribution in [0.25, 0.3) is 0 Å². The molecule has 1 atom stereocenters. The number of ether oxygens (including phenoxy) is 1. The Labute approximate surface area is 119 Å². The third kappa shape index (κ3) is 2.80. The number of nitrogens with one attached hydrogen (secondary N) is 1. The van der Waals surface area contributed by atoms with Crippen molar-refractivity contribution in [2.75, 3.05) is 11.9 Å². The monoisotopic (exact) mass is 275 g/mol. The lowest BCUT2D eigenvalue weighted by atomic mass is 9.89. The highest BCUT2D eigenvalue weighted by Crippen LogP contribution is 2.37. The summed E-state index contributed by atoms with van der Waals surface area (Å²) in [5.41, 5.74) is 1.55. The number of carbonyl (C=O) groups excluding carboxylic acids is 1. The molecule has 108 valence electrons. The lowest BCUT2D eigenvalue weighted by Crippen LogP contribution is -2.25. The Bertz CT molecular complexity index is 492. The van der Waals surface area contributed by atoms with Gasteiger partial charge in [0.25, 0.3) is 5.91 Å². The van der Waals surface area contributed by atoms with Gasteiger partial charge in [0.05, 0.1) is 11.8 Å². The molecule has 2 N–H and O–H groups in total. The molecule has 2 aliphatic rings. The van der Waals surface area contributed by atoms with E-state index in [0.717, 1.165) is 18.4 Å². The largest absolute Gasteiger partial charge is 0.482 e. The van der Waals surface area contributed by atoms with Crippen molar-refractivity contribution in [3.8, 4) is 5.75 Å². The molecular formula is C16H21NO3. The molecule has 20 heavy (non-hydrogen) atoms. The van der Waals surface area contributed by atoms with Gasteiger partial charge < -0.3 is 15.2 Å². The number of anilines is 1. The molecule has 0 aromatic heterocycles. The Morgan fingerprint density at radius 2 is 1.95 bits per heavy atom. The van der Waals surface area contributed by atoms with Gasteiger partial charge in [-0.2, -0.15) is 0 Å². The average molecular weight is 275 g/mol. The Hall–Kier alpha value is -1.55. The van der Waals surface area contributed by atoms with Crippen LogP contribution in [0, 0.1) is 5.92 Å². The minimum atomic E-state index is -0.447. The van der Waals surface area contributed by atoms with Crippen molar-refractivity contribution in [1.82, 2.24) is 0 Å². The maximum Gasteiger partial charge on any atom is 0.262 e. The van der Waals surface area contributed by atoms with Crippen molar-refractivity contribution in [1.29, 1.82) is 0 Å². The van der Waals surface area contributed by atoms with Crippen molar-refractivity contribution < 1.29 is 14.6 Å². The molecule has 1 aromatic carbocycles. The van der Waals surface area contributed by atoms with Crippen LogP contribution in [-0.4, -0.2) is 17.6 Å². The zero-order valence-electron chi connectivity index (χ0n) is 11.6. The fraction of sp³-hybridized carbons (Fsp3) is 0.562. The maximum absolute atomic E-state index is 11.4. The Kier molecular flexibility index (Phi) is 3.92. The fourth-order valence-corrected chi connectivity index (χ4v) is 3.18. The molecule has 1 aliphatic heterocycles. The van der Waals surface area contributed by atoms with E-state index in [0.29, 0.717) is 17.4 Å². The third-order valence-electron chi connectivity index (χ3n) is 4.32. The van der Waals surface area contributed by atoms with Crippen LogP contribution in [0.15, 0.2) is 18.2 Å². The smallest absolute Gasteiger partial charge is 0.262 e. The molecule has 4 heteroatoms. The molecule has 1 aromatic rings. The number of hydrogen-bond donors (Lipinski definition) is 2. The predicted octanol–water partition coefficient (Wildman–Crippen LogP) is 3.02. The van der Waals surface area contributed by atoms with Gasteiger partial charge in [0.2, 0.25) is 0 Å². The molecule has 1 unspecified atom stereocenters. The van der Waals surface area contributed by atoms with Gasteiger partial charge in [-0.1, -0.05) is 31.7 Å². The van der Waals surface area contributed by atoms with E-state index in [9.17, 15) is 9.90 Å². The molecule has 0 saturated heterocycles. The Balaban J connectivity index is 1.79. The van der Waals surface area contributed by atoms with Gasteiger partial charge in [0.1, 0.15) is 5.75 Å². The van der Waals surface area contributed by atoms with Crippen molar-refractivity contribution in [3.05, 3.63) is 23.8 Å². The van der Waals surface area contributed by atoms with Gasteiger partial charge in [-0.3, -0.25) is 4.79 Å². The van der Waals surface area contributed by atoms with E-state index in [1.807, 2.05) is 18.2 Å². The normalized spacial score (nSPS) is 21.4. The van der Waals surface area contributed by atoms with Crippen molar-refractivity contribution in [2.24, 2.45) is 5.92 Å². The van der Waals surface area contributed by atoms with E-state index in [1.54, 1.807) is 0 Å². The molecule has 1 fully saturated rings. The molecule has 4 nitrogen and oxygen atoms in total. The first kappa shape index (κ1) is 13.4. The summed E-state index contributed by atoms with van der Waals surface area (Å²) in [7, 11) is 0. The van der Waals surface area contributed by atoms with Crippen molar-refractivity contribution in [2.45, 2.75) is 44.6 Å². The number of aliphatic hydroxyl groups excluding tert-OH is 1. The minimum absolute atomic E-state index is 0.0670. The van der Waals surface area contributed by atoms with E-state index < -0.39 is 6.10 Å². The second-order valence-electron chi connectivity index (χ2n) is 5.79. The lowest BCUT2D eigenvalue weighted by Gasteiger charge is -2.24. The summed E-state index contributed by atoms with van der Waals surface area (Å²) in [6.07, 6.45) is 6.67. The first-order valence-corrected chi connectivity index (χ1v) is 7.49. The van der Waals surface area contributed by atoms with Crippen molar-refractivity contribution in [3.63, 3.8) is 0 Å². The summed E-state index contributed by atoms with van der Waals surface area (Å²) < 4.78 is 5.34. The standard InChI is InChI=1S/C16H21NO3/c18-15-10-20-14-8-7-12(9-13(14)17-15)16(19)11-5-3-1-2-4-6-11/h7-9,11,16,19H,1-6,10H2,(H,17,18). The molecular weight excluding hydrogens is 254 g/mol. The van der Waals surface area contributed by atoms with E-state index >= 15 is 0 Å². The molecule has 0 bridgehead atoms. The highest BCUT2D eigenvalue weighted by Gasteiger charge is 2.24. The van der Waals surface area contributed by atoms with Crippen LogP contribution in [0.2, 0.25) is 0 Å². The van der Waals surface area contributed by atoms with Crippen LogP contribution < -0.4 is 10.1 Å².